The minimum Gasteiger partial charge on any atom is -0.353 e. The second-order valence-electron chi connectivity index (χ2n) is 5.99. The molecule has 1 heterocycles. The van der Waals surface area contributed by atoms with Crippen LogP contribution in [0.3, 0.4) is 0 Å². The third-order valence-corrected chi connectivity index (χ3v) is 3.61. The summed E-state index contributed by atoms with van der Waals surface area (Å²) in [6.45, 7) is 6.17. The Morgan fingerprint density at radius 1 is 1.39 bits per heavy atom. The van der Waals surface area contributed by atoms with Gasteiger partial charge in [-0.05, 0) is 45.8 Å². The smallest absolute Gasteiger partial charge is 0.237 e. The van der Waals surface area contributed by atoms with Gasteiger partial charge in [-0.2, -0.15) is 0 Å². The summed E-state index contributed by atoms with van der Waals surface area (Å²) in [6, 6.07) is 0.457. The Kier molecular flexibility index (Phi) is 6.65. The summed E-state index contributed by atoms with van der Waals surface area (Å²) in [7, 11) is 4.16. The van der Waals surface area contributed by atoms with E-state index in [2.05, 4.69) is 43.5 Å². The van der Waals surface area contributed by atoms with E-state index in [4.69, 9.17) is 0 Å². The largest absolute Gasteiger partial charge is 0.353 e. The average Bonchev–Trinajstić information content (AvgIpc) is 2.34. The molecule has 1 aliphatic heterocycles. The first kappa shape index (κ1) is 15.4. The lowest BCUT2D eigenvalue weighted by Crippen LogP contribution is -2.50. The molecule has 0 saturated carbocycles. The second kappa shape index (κ2) is 7.74. The number of piperidine rings is 1. The summed E-state index contributed by atoms with van der Waals surface area (Å²) in [5.41, 5.74) is 0. The molecule has 1 unspecified atom stereocenters. The normalized spacial score (nSPS) is 22.2. The molecule has 1 amide bonds. The number of rotatable bonds is 6. The molecule has 0 bridgehead atoms. The number of amides is 1. The fourth-order valence-electron chi connectivity index (χ4n) is 2.44. The maximum absolute atomic E-state index is 12.0. The fourth-order valence-corrected chi connectivity index (χ4v) is 2.44. The molecule has 0 aliphatic carbocycles. The molecule has 4 nitrogen and oxygen atoms in total. The van der Waals surface area contributed by atoms with Gasteiger partial charge < -0.3 is 15.5 Å². The zero-order valence-corrected chi connectivity index (χ0v) is 12.3. The summed E-state index contributed by atoms with van der Waals surface area (Å²) in [5.74, 6) is 0.826. The number of carbonyl (C=O) groups excluding carboxylic acids is 1. The van der Waals surface area contributed by atoms with Gasteiger partial charge in [0.05, 0.1) is 6.04 Å². The average molecular weight is 255 g/mol. The molecule has 1 rings (SSSR count). The van der Waals surface area contributed by atoms with Crippen molar-refractivity contribution < 1.29 is 4.79 Å². The predicted molar refractivity (Wildman–Crippen MR) is 75.6 cm³/mol. The molecule has 2 atom stereocenters. The van der Waals surface area contributed by atoms with Crippen molar-refractivity contribution in [2.45, 2.75) is 51.6 Å². The minimum absolute atomic E-state index is 0.0283. The summed E-state index contributed by atoms with van der Waals surface area (Å²) >= 11 is 0. The van der Waals surface area contributed by atoms with Gasteiger partial charge in [-0.3, -0.25) is 4.79 Å². The van der Waals surface area contributed by atoms with Gasteiger partial charge >= 0.3 is 0 Å². The Bertz CT molecular complexity index is 247. The maximum atomic E-state index is 12.0. The van der Waals surface area contributed by atoms with Crippen LogP contribution in [-0.2, 0) is 4.79 Å². The Morgan fingerprint density at radius 3 is 2.61 bits per heavy atom. The standard InChI is InChI=1S/C14H29N3O/c1-11(2)9-12(17(3)4)10-16-14(18)13-7-5-6-8-15-13/h11-13,15H,5-10H2,1-4H3,(H,16,18)/t12?,13-/m1/s1. The molecule has 1 aliphatic rings. The highest BCUT2D eigenvalue weighted by molar-refractivity contribution is 5.81. The number of nitrogens with zero attached hydrogens (tertiary/aromatic N) is 1. The number of hydrogen-bond donors (Lipinski definition) is 2. The Labute approximate surface area is 111 Å². The monoisotopic (exact) mass is 255 g/mol. The van der Waals surface area contributed by atoms with Crippen molar-refractivity contribution in [3.63, 3.8) is 0 Å². The van der Waals surface area contributed by atoms with Crippen molar-refractivity contribution >= 4 is 5.91 Å². The van der Waals surface area contributed by atoms with Gasteiger partial charge in [-0.25, -0.2) is 0 Å². The van der Waals surface area contributed by atoms with E-state index in [0.29, 0.717) is 12.0 Å². The van der Waals surface area contributed by atoms with E-state index in [0.717, 1.165) is 32.4 Å². The molecule has 106 valence electrons. The molecule has 0 aromatic heterocycles. The van der Waals surface area contributed by atoms with Crippen LogP contribution in [0.1, 0.15) is 39.5 Å². The molecule has 0 spiro atoms. The van der Waals surface area contributed by atoms with E-state index in [9.17, 15) is 4.79 Å². The molecule has 4 heteroatoms. The van der Waals surface area contributed by atoms with Crippen LogP contribution in [0.2, 0.25) is 0 Å². The van der Waals surface area contributed by atoms with Crippen LogP contribution < -0.4 is 10.6 Å². The van der Waals surface area contributed by atoms with Crippen LogP contribution in [0.4, 0.5) is 0 Å². The molecule has 0 aromatic carbocycles. The van der Waals surface area contributed by atoms with Crippen LogP contribution in [-0.4, -0.2) is 50.1 Å². The summed E-state index contributed by atoms with van der Waals surface area (Å²) < 4.78 is 0. The number of nitrogens with one attached hydrogen (secondary N) is 2. The molecular weight excluding hydrogens is 226 g/mol. The van der Waals surface area contributed by atoms with Gasteiger partial charge in [0.1, 0.15) is 0 Å². The maximum Gasteiger partial charge on any atom is 0.237 e. The van der Waals surface area contributed by atoms with E-state index in [1.54, 1.807) is 0 Å². The number of likely N-dealkylation sites (N-methyl/N-ethyl adjacent to an activating group) is 1. The van der Waals surface area contributed by atoms with E-state index >= 15 is 0 Å². The van der Waals surface area contributed by atoms with E-state index in [1.807, 2.05) is 0 Å². The van der Waals surface area contributed by atoms with Crippen LogP contribution in [0.25, 0.3) is 0 Å². The molecule has 0 radical (unpaired) electrons. The van der Waals surface area contributed by atoms with Gasteiger partial charge in [0.15, 0.2) is 0 Å². The molecule has 1 fully saturated rings. The van der Waals surface area contributed by atoms with Gasteiger partial charge in [0, 0.05) is 12.6 Å². The van der Waals surface area contributed by atoms with Crippen molar-refractivity contribution in [3.05, 3.63) is 0 Å². The first-order valence-corrected chi connectivity index (χ1v) is 7.18. The lowest BCUT2D eigenvalue weighted by molar-refractivity contribution is -0.123. The third kappa shape index (κ3) is 5.36. The van der Waals surface area contributed by atoms with Crippen molar-refractivity contribution in [3.8, 4) is 0 Å². The predicted octanol–water partition coefficient (Wildman–Crippen LogP) is 1.22. The summed E-state index contributed by atoms with van der Waals surface area (Å²) in [5, 5.41) is 6.38. The van der Waals surface area contributed by atoms with Gasteiger partial charge in [-0.15, -0.1) is 0 Å². The van der Waals surface area contributed by atoms with Crippen LogP contribution in [0, 0.1) is 5.92 Å². The molecule has 0 aromatic rings. The SMILES string of the molecule is CC(C)CC(CNC(=O)[C@H]1CCCCN1)N(C)C. The first-order valence-electron chi connectivity index (χ1n) is 7.18. The summed E-state index contributed by atoms with van der Waals surface area (Å²) in [6.07, 6.45) is 4.44. The van der Waals surface area contributed by atoms with Crippen molar-refractivity contribution in [2.24, 2.45) is 5.92 Å². The lowest BCUT2D eigenvalue weighted by Gasteiger charge is -2.28. The second-order valence-corrected chi connectivity index (χ2v) is 5.99. The minimum atomic E-state index is 0.0283. The van der Waals surface area contributed by atoms with Gasteiger partial charge in [-0.1, -0.05) is 20.3 Å². The van der Waals surface area contributed by atoms with Crippen molar-refractivity contribution in [1.29, 1.82) is 0 Å². The quantitative estimate of drug-likeness (QED) is 0.750. The van der Waals surface area contributed by atoms with Crippen molar-refractivity contribution in [1.82, 2.24) is 15.5 Å². The zero-order valence-electron chi connectivity index (χ0n) is 12.3. The van der Waals surface area contributed by atoms with E-state index in [1.165, 1.54) is 6.42 Å². The van der Waals surface area contributed by atoms with Gasteiger partial charge in [0.2, 0.25) is 5.91 Å². The fraction of sp³-hybridized carbons (Fsp3) is 0.929. The molecule has 1 saturated heterocycles. The Hall–Kier alpha value is -0.610. The van der Waals surface area contributed by atoms with Crippen LogP contribution in [0.5, 0.6) is 0 Å². The highest BCUT2D eigenvalue weighted by Gasteiger charge is 2.21. The van der Waals surface area contributed by atoms with E-state index < -0.39 is 0 Å². The molecule has 18 heavy (non-hydrogen) atoms. The van der Waals surface area contributed by atoms with Crippen LogP contribution >= 0.6 is 0 Å². The zero-order chi connectivity index (χ0) is 13.5. The Morgan fingerprint density at radius 2 is 2.11 bits per heavy atom. The molecular formula is C14H29N3O. The third-order valence-electron chi connectivity index (χ3n) is 3.61. The topological polar surface area (TPSA) is 44.4 Å². The number of hydrogen-bond acceptors (Lipinski definition) is 3. The van der Waals surface area contributed by atoms with Gasteiger partial charge in [0.25, 0.3) is 0 Å². The van der Waals surface area contributed by atoms with E-state index in [-0.39, 0.29) is 11.9 Å². The Balaban J connectivity index is 2.33. The lowest BCUT2D eigenvalue weighted by atomic mass is 10.0. The highest BCUT2D eigenvalue weighted by atomic mass is 16.2. The first-order chi connectivity index (χ1) is 8.50. The summed E-state index contributed by atoms with van der Waals surface area (Å²) in [4.78, 5) is 14.2. The molecule has 2 N–H and O–H groups in total. The van der Waals surface area contributed by atoms with Crippen molar-refractivity contribution in [2.75, 3.05) is 27.2 Å². The highest BCUT2D eigenvalue weighted by Crippen LogP contribution is 2.09. The van der Waals surface area contributed by atoms with Crippen LogP contribution in [0.15, 0.2) is 0 Å². The number of carbonyl (C=O) groups is 1.